The van der Waals surface area contributed by atoms with Gasteiger partial charge >= 0.3 is 0 Å². The third-order valence-corrected chi connectivity index (χ3v) is 7.43. The average molecular weight is 429 g/mol. The van der Waals surface area contributed by atoms with Crippen molar-refractivity contribution in [3.63, 3.8) is 0 Å². The Morgan fingerprint density at radius 2 is 1.94 bits per heavy atom. The molecule has 1 aliphatic carbocycles. The number of fused-ring (bicyclic) bond motifs is 7. The number of nitrogens with one attached hydrogen (secondary N) is 1. The summed E-state index contributed by atoms with van der Waals surface area (Å²) >= 11 is 0. The van der Waals surface area contributed by atoms with E-state index in [4.69, 9.17) is 14.2 Å². The van der Waals surface area contributed by atoms with E-state index in [-0.39, 0.29) is 30.6 Å². The van der Waals surface area contributed by atoms with Crippen LogP contribution in [0, 0.1) is 0 Å². The lowest BCUT2D eigenvalue weighted by molar-refractivity contribution is -0.143. The second-order valence-electron chi connectivity index (χ2n) is 9.35. The Bertz CT molecular complexity index is 822. The van der Waals surface area contributed by atoms with Crippen LogP contribution < -0.4 is 10.1 Å². The van der Waals surface area contributed by atoms with Crippen molar-refractivity contribution in [2.45, 2.75) is 68.5 Å². The van der Waals surface area contributed by atoms with Crippen molar-refractivity contribution in [2.24, 2.45) is 0 Å². The number of benzene rings is 1. The van der Waals surface area contributed by atoms with E-state index in [1.165, 1.54) is 5.56 Å². The van der Waals surface area contributed by atoms with Crippen LogP contribution >= 0.6 is 0 Å². The maximum absolute atomic E-state index is 13.1. The van der Waals surface area contributed by atoms with Gasteiger partial charge in [-0.3, -0.25) is 9.59 Å². The van der Waals surface area contributed by atoms with Gasteiger partial charge in [0.25, 0.3) is 0 Å². The standard InChI is InChI=1S/C24H32N2O5/c27-22-15-29-16-24(25-22)11-12-26-21(24)14-31-18-9-7-17(8-10-18)19-4-1-2-5-20(19)30-13-3-6-23(26)28/h1-2,4-5,17-18,21H,3,6-16H2,(H,25,27). The SMILES string of the molecule is O=C1COCC2(CCN3C(=O)CCCOc4ccccc4C4CCC(CC4)OCC32)N1. The zero-order valence-corrected chi connectivity index (χ0v) is 18.0. The van der Waals surface area contributed by atoms with Gasteiger partial charge in [0.1, 0.15) is 12.4 Å². The molecular formula is C24H32N2O5. The molecule has 1 spiro atoms. The minimum Gasteiger partial charge on any atom is -0.493 e. The van der Waals surface area contributed by atoms with Crippen LogP contribution in [0.25, 0.3) is 0 Å². The molecule has 1 saturated carbocycles. The predicted molar refractivity (Wildman–Crippen MR) is 114 cm³/mol. The number of para-hydroxylation sites is 1. The van der Waals surface area contributed by atoms with Gasteiger partial charge in [0.15, 0.2) is 0 Å². The van der Waals surface area contributed by atoms with Gasteiger partial charge in [-0.05, 0) is 56.1 Å². The van der Waals surface area contributed by atoms with Crippen LogP contribution in [0.3, 0.4) is 0 Å². The highest BCUT2D eigenvalue weighted by Gasteiger charge is 2.52. The van der Waals surface area contributed by atoms with Crippen LogP contribution in [0.15, 0.2) is 24.3 Å². The molecule has 2 bridgehead atoms. The lowest BCUT2D eigenvalue weighted by Gasteiger charge is -2.41. The molecule has 0 aromatic heterocycles. The molecule has 3 fully saturated rings. The van der Waals surface area contributed by atoms with Gasteiger partial charge in [0, 0.05) is 13.0 Å². The summed E-state index contributed by atoms with van der Waals surface area (Å²) in [5.74, 6) is 1.43. The molecule has 1 aromatic carbocycles. The molecule has 4 aliphatic heterocycles. The van der Waals surface area contributed by atoms with Crippen LogP contribution in [0.2, 0.25) is 0 Å². The Morgan fingerprint density at radius 1 is 1.10 bits per heavy atom. The summed E-state index contributed by atoms with van der Waals surface area (Å²) in [6, 6.07) is 8.13. The van der Waals surface area contributed by atoms with Gasteiger partial charge < -0.3 is 24.4 Å². The molecule has 7 nitrogen and oxygen atoms in total. The molecule has 2 unspecified atom stereocenters. The van der Waals surface area contributed by atoms with E-state index in [0.29, 0.717) is 51.5 Å². The van der Waals surface area contributed by atoms with Crippen LogP contribution in [0.5, 0.6) is 5.75 Å². The van der Waals surface area contributed by atoms with Gasteiger partial charge in [0.2, 0.25) is 11.8 Å². The molecule has 1 aromatic rings. The summed E-state index contributed by atoms with van der Waals surface area (Å²) in [7, 11) is 0. The summed E-state index contributed by atoms with van der Waals surface area (Å²) in [5.41, 5.74) is 0.742. The number of rotatable bonds is 0. The maximum atomic E-state index is 13.1. The van der Waals surface area contributed by atoms with Crippen LogP contribution in [-0.2, 0) is 19.1 Å². The Balaban J connectivity index is 1.37. The van der Waals surface area contributed by atoms with Gasteiger partial charge in [-0.2, -0.15) is 0 Å². The molecule has 2 amide bonds. The van der Waals surface area contributed by atoms with Crippen molar-refractivity contribution in [3.8, 4) is 5.75 Å². The van der Waals surface area contributed by atoms with Crippen molar-refractivity contribution in [3.05, 3.63) is 29.8 Å². The number of amides is 2. The van der Waals surface area contributed by atoms with Crippen molar-refractivity contribution >= 4 is 11.8 Å². The van der Waals surface area contributed by atoms with Gasteiger partial charge in [0.05, 0.1) is 37.5 Å². The molecule has 5 aliphatic rings. The zero-order chi connectivity index (χ0) is 21.3. The van der Waals surface area contributed by atoms with Gasteiger partial charge in [-0.1, -0.05) is 18.2 Å². The second-order valence-corrected chi connectivity index (χ2v) is 9.35. The Kier molecular flexibility index (Phi) is 5.89. The van der Waals surface area contributed by atoms with E-state index in [1.54, 1.807) is 0 Å². The first-order chi connectivity index (χ1) is 15.1. The number of hydrogen-bond donors (Lipinski definition) is 1. The lowest BCUT2D eigenvalue weighted by atomic mass is 9.82. The summed E-state index contributed by atoms with van der Waals surface area (Å²) in [4.78, 5) is 27.1. The molecule has 168 valence electrons. The lowest BCUT2D eigenvalue weighted by Crippen LogP contribution is -2.65. The van der Waals surface area contributed by atoms with E-state index in [9.17, 15) is 9.59 Å². The fraction of sp³-hybridized carbons (Fsp3) is 0.667. The van der Waals surface area contributed by atoms with E-state index in [2.05, 4.69) is 17.4 Å². The van der Waals surface area contributed by atoms with Crippen molar-refractivity contribution in [1.82, 2.24) is 10.2 Å². The van der Waals surface area contributed by atoms with E-state index < -0.39 is 5.54 Å². The highest BCUT2D eigenvalue weighted by molar-refractivity contribution is 5.80. The highest BCUT2D eigenvalue weighted by Crippen LogP contribution is 2.39. The normalized spacial score (nSPS) is 34.3. The second kappa shape index (κ2) is 8.79. The highest BCUT2D eigenvalue weighted by atomic mass is 16.5. The predicted octanol–water partition coefficient (Wildman–Crippen LogP) is 2.39. The molecule has 1 N–H and O–H groups in total. The third-order valence-electron chi connectivity index (χ3n) is 7.43. The zero-order valence-electron chi connectivity index (χ0n) is 18.0. The van der Waals surface area contributed by atoms with Crippen molar-refractivity contribution in [1.29, 1.82) is 0 Å². The number of hydrogen-bond acceptors (Lipinski definition) is 5. The molecule has 4 heterocycles. The van der Waals surface area contributed by atoms with E-state index in [0.717, 1.165) is 31.4 Å². The summed E-state index contributed by atoms with van der Waals surface area (Å²) < 4.78 is 18.1. The summed E-state index contributed by atoms with van der Waals surface area (Å²) in [6.07, 6.45) is 6.12. The van der Waals surface area contributed by atoms with Gasteiger partial charge in [-0.15, -0.1) is 0 Å². The fourth-order valence-electron chi connectivity index (χ4n) is 5.74. The molecule has 0 radical (unpaired) electrons. The molecule has 7 heteroatoms. The number of morpholine rings is 1. The number of carbonyl (C=O) groups excluding carboxylic acids is 2. The maximum Gasteiger partial charge on any atom is 0.246 e. The van der Waals surface area contributed by atoms with Crippen LogP contribution in [0.1, 0.15) is 56.4 Å². The monoisotopic (exact) mass is 428 g/mol. The van der Waals surface area contributed by atoms with E-state index >= 15 is 0 Å². The smallest absolute Gasteiger partial charge is 0.246 e. The first kappa shape index (κ1) is 20.8. The van der Waals surface area contributed by atoms with Crippen LogP contribution in [0.4, 0.5) is 0 Å². The molecule has 6 rings (SSSR count). The number of ether oxygens (including phenoxy) is 3. The number of carbonyl (C=O) groups is 2. The molecule has 2 atom stereocenters. The quantitative estimate of drug-likeness (QED) is 0.687. The van der Waals surface area contributed by atoms with Crippen molar-refractivity contribution in [2.75, 3.05) is 33.0 Å². The Labute approximate surface area is 183 Å². The molecule has 2 saturated heterocycles. The minimum absolute atomic E-state index is 0.0885. The van der Waals surface area contributed by atoms with Crippen molar-refractivity contribution < 1.29 is 23.8 Å². The number of nitrogens with zero attached hydrogens (tertiary/aromatic N) is 1. The largest absolute Gasteiger partial charge is 0.493 e. The Hall–Kier alpha value is -2.12. The first-order valence-electron chi connectivity index (χ1n) is 11.7. The topological polar surface area (TPSA) is 77.1 Å². The minimum atomic E-state index is -0.539. The van der Waals surface area contributed by atoms with E-state index in [1.807, 2.05) is 17.0 Å². The average Bonchev–Trinajstić information content (AvgIpc) is 3.12. The molecular weight excluding hydrogens is 396 g/mol. The molecule has 31 heavy (non-hydrogen) atoms. The van der Waals surface area contributed by atoms with Crippen LogP contribution in [-0.4, -0.2) is 67.4 Å². The Morgan fingerprint density at radius 3 is 2.77 bits per heavy atom. The fourth-order valence-corrected chi connectivity index (χ4v) is 5.74. The first-order valence-corrected chi connectivity index (χ1v) is 11.7. The van der Waals surface area contributed by atoms with Gasteiger partial charge in [-0.25, -0.2) is 0 Å². The third kappa shape index (κ3) is 4.17. The summed E-state index contributed by atoms with van der Waals surface area (Å²) in [6.45, 7) is 2.11. The summed E-state index contributed by atoms with van der Waals surface area (Å²) in [5, 5.41) is 3.15.